The van der Waals surface area contributed by atoms with Gasteiger partial charge in [-0.3, -0.25) is 76.7 Å². The second-order valence-electron chi connectivity index (χ2n) is 32.7. The SMILES string of the molecule is O=C(Oc1cc(OC(=O)c2ccc(N3C(=O)C=CC3=O)cc2)cc(OC(=O)c2ccc(N3C(=O)C=CC3=O)cc2)c1)c1ccc(N2C(=O)C=CC2=O)cc1.O=C(Oc1ccc(C(c2ccc(OC(=O)c3ccc(N4C(=O)C=CC4=O)cc3)cc2)c2ccc(OC(=O)c3ccc(N4C(=O)C=CC4=O)cc3)cc2)cc1)c1ccc(N2C(=O)C=CC2=O)cc1.O=C1C=CC(=O)N1c1ccc(Cc2ccc(N3C(=O)C=CC3=O)cc2)cc1. The average Bonchev–Trinajstić information content (AvgIpc) is 1.40. The molecule has 0 saturated carbocycles. The molecule has 16 amide bonds. The molecule has 722 valence electrons. The van der Waals surface area contributed by atoms with Gasteiger partial charge in [0.15, 0.2) is 0 Å². The standard InChI is InChI=1S/C52H31N3O12.C39H21N3O12.C21H14N2O4/c56-43-25-26-44(57)53(43)37-13-1-34(2-14-37)50(62)65-40-19-7-31(8-20-40)49(32-9-21-41(22-10-32)66-51(63)35-3-15-38(16-4-35)54-45(58)27-28-46(54)59)33-11-23-42(24-12-33)67-52(64)36-5-17-39(18-6-36)55-47(60)29-30-48(55)61;43-31-13-14-32(44)40(31)25-7-1-22(2-8-25)37(49)52-28-19-29(53-38(50)23-3-9-26(10-4-23)41-33(45)15-16-34(41)46)21-30(20-28)54-39(51)24-5-11-27(12-6-24)42-35(47)17-18-36(42)48;24-18-9-10-19(25)22(18)16-5-1-14(2-6-16)13-15-3-7-17(8-4-15)23-20(26)11-12-21(23)27/h1-30,49H;1-21H;1-12H,13H2. The van der Waals surface area contributed by atoms with Gasteiger partial charge in [0.05, 0.1) is 78.9 Å². The molecule has 12 aromatic carbocycles. The predicted octanol–water partition coefficient (Wildman–Crippen LogP) is 12.6. The monoisotopic (exact) mass is 1970 g/mol. The number of imide groups is 8. The highest BCUT2D eigenvalue weighted by molar-refractivity contribution is 6.33. The summed E-state index contributed by atoms with van der Waals surface area (Å²) in [5, 5.41) is 0. The van der Waals surface area contributed by atoms with E-state index in [2.05, 4.69) is 0 Å². The molecule has 0 N–H and O–H groups in total. The maximum Gasteiger partial charge on any atom is 0.343 e. The van der Waals surface area contributed by atoms with Crippen molar-refractivity contribution in [3.63, 3.8) is 0 Å². The van der Waals surface area contributed by atoms with Crippen LogP contribution in [0, 0.1) is 0 Å². The fourth-order valence-electron chi connectivity index (χ4n) is 16.0. The minimum Gasteiger partial charge on any atom is -0.423 e. The third kappa shape index (κ3) is 21.0. The minimum absolute atomic E-state index is 0.0160. The Morgan fingerprint density at radius 3 is 0.432 bits per heavy atom. The third-order valence-electron chi connectivity index (χ3n) is 23.2. The van der Waals surface area contributed by atoms with Crippen LogP contribution in [0.1, 0.15) is 95.9 Å². The van der Waals surface area contributed by atoms with Gasteiger partial charge in [0, 0.05) is 121 Å². The van der Waals surface area contributed by atoms with Crippen molar-refractivity contribution in [1.29, 1.82) is 0 Å². The zero-order chi connectivity index (χ0) is 104. The van der Waals surface area contributed by atoms with Gasteiger partial charge >= 0.3 is 35.8 Å². The van der Waals surface area contributed by atoms with E-state index in [4.69, 9.17) is 28.4 Å². The van der Waals surface area contributed by atoms with Crippen LogP contribution in [-0.4, -0.2) is 130 Å². The van der Waals surface area contributed by atoms with Gasteiger partial charge in [-0.15, -0.1) is 0 Å². The van der Waals surface area contributed by atoms with E-state index >= 15 is 0 Å². The largest absolute Gasteiger partial charge is 0.423 e. The van der Waals surface area contributed by atoms with Crippen LogP contribution >= 0.6 is 0 Å². The lowest BCUT2D eigenvalue weighted by atomic mass is 9.85. The molecular formula is C112H66N8O28. The molecule has 0 aromatic heterocycles. The smallest absolute Gasteiger partial charge is 0.343 e. The number of benzene rings is 12. The third-order valence-corrected chi connectivity index (χ3v) is 23.2. The number of nitrogens with zero attached hydrogens (tertiary/aromatic N) is 8. The zero-order valence-corrected chi connectivity index (χ0v) is 76.2. The zero-order valence-electron chi connectivity index (χ0n) is 76.2. The van der Waals surface area contributed by atoms with Crippen molar-refractivity contribution >= 4 is 176 Å². The van der Waals surface area contributed by atoms with Crippen molar-refractivity contribution in [2.45, 2.75) is 12.3 Å². The van der Waals surface area contributed by atoms with Gasteiger partial charge in [-0.1, -0.05) is 60.7 Å². The first-order valence-corrected chi connectivity index (χ1v) is 44.4. The van der Waals surface area contributed by atoms with Gasteiger partial charge < -0.3 is 28.4 Å². The van der Waals surface area contributed by atoms with Gasteiger partial charge in [-0.2, -0.15) is 0 Å². The first-order valence-electron chi connectivity index (χ1n) is 44.4. The molecule has 12 aromatic rings. The van der Waals surface area contributed by atoms with Crippen LogP contribution in [0.2, 0.25) is 0 Å². The number of carbonyl (C=O) groups excluding carboxylic acids is 22. The lowest BCUT2D eigenvalue weighted by molar-refractivity contribution is -0.121. The summed E-state index contributed by atoms with van der Waals surface area (Å²) in [6, 6.07) is 72.2. The molecule has 0 unspecified atom stereocenters. The fourth-order valence-corrected chi connectivity index (χ4v) is 16.0. The van der Waals surface area contributed by atoms with Gasteiger partial charge in [0.25, 0.3) is 94.5 Å². The van der Waals surface area contributed by atoms with Crippen LogP contribution in [0.15, 0.2) is 382 Å². The summed E-state index contributed by atoms with van der Waals surface area (Å²) in [5.74, 6) is -12.6. The number of amides is 16. The lowest BCUT2D eigenvalue weighted by Crippen LogP contribution is -2.29. The molecule has 36 nitrogen and oxygen atoms in total. The van der Waals surface area contributed by atoms with E-state index in [-0.39, 0.29) is 109 Å². The quantitative estimate of drug-likeness (QED) is 0.0222. The van der Waals surface area contributed by atoms with Crippen molar-refractivity contribution in [3.05, 3.63) is 444 Å². The van der Waals surface area contributed by atoms with E-state index < -0.39 is 113 Å². The maximum atomic E-state index is 13.1. The number of hydrogen-bond acceptors (Lipinski definition) is 28. The average molecular weight is 1970 g/mol. The summed E-state index contributed by atoms with van der Waals surface area (Å²) < 4.78 is 33.5. The number of anilines is 8. The topological polar surface area (TPSA) is 457 Å². The molecule has 20 rings (SSSR count). The Morgan fingerprint density at radius 1 is 0.162 bits per heavy atom. The summed E-state index contributed by atoms with van der Waals surface area (Å²) in [7, 11) is 0. The first kappa shape index (κ1) is 96.8. The normalized spacial score (nSPS) is 14.8. The molecule has 0 saturated heterocycles. The summed E-state index contributed by atoms with van der Waals surface area (Å²) in [6.07, 6.45) is 19.4. The lowest BCUT2D eigenvalue weighted by Gasteiger charge is -2.20. The Balaban J connectivity index is 0.000000157. The van der Waals surface area contributed by atoms with E-state index in [1.165, 1.54) is 225 Å². The molecule has 0 radical (unpaired) electrons. The number of rotatable bonds is 25. The van der Waals surface area contributed by atoms with E-state index in [0.29, 0.717) is 34.9 Å². The number of esters is 6. The minimum atomic E-state index is -0.897. The van der Waals surface area contributed by atoms with E-state index in [1.54, 1.807) is 97.1 Å². The van der Waals surface area contributed by atoms with Crippen LogP contribution in [0.4, 0.5) is 45.5 Å². The molecule has 0 fully saturated rings. The van der Waals surface area contributed by atoms with Gasteiger partial charge in [0.2, 0.25) is 0 Å². The van der Waals surface area contributed by atoms with Crippen LogP contribution in [0.3, 0.4) is 0 Å². The van der Waals surface area contributed by atoms with Crippen LogP contribution in [0.5, 0.6) is 34.5 Å². The van der Waals surface area contributed by atoms with Crippen molar-refractivity contribution in [2.24, 2.45) is 0 Å². The number of carbonyl (C=O) groups is 22. The van der Waals surface area contributed by atoms with Gasteiger partial charge in [0.1, 0.15) is 34.5 Å². The molecule has 8 aliphatic rings. The molecule has 0 aliphatic carbocycles. The predicted molar refractivity (Wildman–Crippen MR) is 524 cm³/mol. The summed E-state index contributed by atoms with van der Waals surface area (Å²) in [6.45, 7) is 0. The summed E-state index contributed by atoms with van der Waals surface area (Å²) >= 11 is 0. The molecule has 8 heterocycles. The van der Waals surface area contributed by atoms with Gasteiger partial charge in [-0.25, -0.2) is 68.0 Å². The molecule has 36 heteroatoms. The highest BCUT2D eigenvalue weighted by atomic mass is 16.6. The second kappa shape index (κ2) is 41.5. The fraction of sp³-hybridized carbons (Fsp3) is 0.0179. The number of ether oxygens (including phenoxy) is 6. The molecule has 0 bridgehead atoms. The first-order chi connectivity index (χ1) is 71.4. The van der Waals surface area contributed by atoms with E-state index in [9.17, 15) is 105 Å². The van der Waals surface area contributed by atoms with Crippen LogP contribution in [-0.2, 0) is 83.1 Å². The molecular weight excluding hydrogens is 1910 g/mol. The van der Waals surface area contributed by atoms with Crippen molar-refractivity contribution < 1.29 is 134 Å². The summed E-state index contributed by atoms with van der Waals surface area (Å²) in [4.78, 5) is 278. The van der Waals surface area contributed by atoms with Crippen molar-refractivity contribution in [2.75, 3.05) is 39.2 Å². The maximum absolute atomic E-state index is 13.1. The van der Waals surface area contributed by atoms with Crippen molar-refractivity contribution in [3.8, 4) is 34.5 Å². The Morgan fingerprint density at radius 2 is 0.291 bits per heavy atom. The second-order valence-corrected chi connectivity index (χ2v) is 32.7. The molecule has 8 aliphatic heterocycles. The Kier molecular flexibility index (Phi) is 27.1. The molecule has 0 atom stereocenters. The molecule has 0 spiro atoms. The van der Waals surface area contributed by atoms with Crippen LogP contribution < -0.4 is 67.6 Å². The van der Waals surface area contributed by atoms with E-state index in [0.717, 1.165) is 103 Å². The molecule has 148 heavy (non-hydrogen) atoms. The van der Waals surface area contributed by atoms with Crippen molar-refractivity contribution in [1.82, 2.24) is 0 Å². The highest BCUT2D eigenvalue weighted by Crippen LogP contribution is 2.39. The Bertz CT molecular complexity index is 7140. The number of hydrogen-bond donors (Lipinski definition) is 0. The summed E-state index contributed by atoms with van der Waals surface area (Å²) in [5.41, 5.74) is 7.60. The Labute approximate surface area is 834 Å². The highest BCUT2D eigenvalue weighted by Gasteiger charge is 2.35. The van der Waals surface area contributed by atoms with Gasteiger partial charge in [-0.05, 0) is 240 Å². The Hall–Kier alpha value is -21.5. The van der Waals surface area contributed by atoms with E-state index in [1.807, 2.05) is 24.3 Å². The van der Waals surface area contributed by atoms with Crippen LogP contribution in [0.25, 0.3) is 0 Å².